The van der Waals surface area contributed by atoms with Crippen LogP contribution in [0.2, 0.25) is 0 Å². The highest BCUT2D eigenvalue weighted by molar-refractivity contribution is 7.80. The van der Waals surface area contributed by atoms with E-state index in [0.717, 1.165) is 11.7 Å². The van der Waals surface area contributed by atoms with Crippen LogP contribution in [-0.4, -0.2) is 5.75 Å². The van der Waals surface area contributed by atoms with Crippen LogP contribution in [0.3, 0.4) is 0 Å². The third kappa shape index (κ3) is 2.69. The molecule has 1 atom stereocenters. The van der Waals surface area contributed by atoms with E-state index in [-0.39, 0.29) is 0 Å². The first kappa shape index (κ1) is 10.4. The fourth-order valence-electron chi connectivity index (χ4n) is 2.44. The van der Waals surface area contributed by atoms with Crippen LogP contribution < -0.4 is 0 Å². The van der Waals surface area contributed by atoms with Crippen molar-refractivity contribution in [3.05, 3.63) is 0 Å². The highest BCUT2D eigenvalue weighted by atomic mass is 32.1. The largest absolute Gasteiger partial charge is 0.179 e. The summed E-state index contributed by atoms with van der Waals surface area (Å²) in [5.41, 5.74) is 0.636. The molecule has 0 aromatic carbocycles. The van der Waals surface area contributed by atoms with Gasteiger partial charge in [0.25, 0.3) is 0 Å². The lowest BCUT2D eigenvalue weighted by Gasteiger charge is -2.26. The molecule has 1 rings (SSSR count). The number of rotatable bonds is 4. The van der Waals surface area contributed by atoms with Gasteiger partial charge in [-0.3, -0.25) is 0 Å². The quantitative estimate of drug-likeness (QED) is 0.499. The Labute approximate surface area is 82.5 Å². The smallest absolute Gasteiger partial charge is 0.00979 e. The van der Waals surface area contributed by atoms with E-state index in [2.05, 4.69) is 26.5 Å². The third-order valence-electron chi connectivity index (χ3n) is 3.44. The molecule has 0 radical (unpaired) electrons. The fraction of sp³-hybridized carbons (Fsp3) is 1.00. The Kier molecular flexibility index (Phi) is 3.95. The molecule has 0 aliphatic heterocycles. The summed E-state index contributed by atoms with van der Waals surface area (Å²) < 4.78 is 0. The van der Waals surface area contributed by atoms with Gasteiger partial charge in [0, 0.05) is 0 Å². The van der Waals surface area contributed by atoms with Crippen molar-refractivity contribution in [2.24, 2.45) is 11.3 Å². The minimum Gasteiger partial charge on any atom is -0.179 e. The van der Waals surface area contributed by atoms with Crippen molar-refractivity contribution >= 4 is 12.6 Å². The summed E-state index contributed by atoms with van der Waals surface area (Å²) in [6.07, 6.45) is 8.50. The predicted molar refractivity (Wildman–Crippen MR) is 58.8 cm³/mol. The molecule has 72 valence electrons. The molecule has 1 saturated carbocycles. The summed E-state index contributed by atoms with van der Waals surface area (Å²) in [6, 6.07) is 0. The van der Waals surface area contributed by atoms with Crippen LogP contribution in [0.5, 0.6) is 0 Å². The van der Waals surface area contributed by atoms with Gasteiger partial charge in [0.05, 0.1) is 0 Å². The van der Waals surface area contributed by atoms with Crippen LogP contribution in [-0.2, 0) is 0 Å². The van der Waals surface area contributed by atoms with Crippen molar-refractivity contribution in [2.45, 2.75) is 52.4 Å². The van der Waals surface area contributed by atoms with Crippen molar-refractivity contribution < 1.29 is 0 Å². The van der Waals surface area contributed by atoms with Crippen LogP contribution >= 0.6 is 12.6 Å². The second-order valence-corrected chi connectivity index (χ2v) is 5.24. The average Bonchev–Trinajstić information content (AvgIpc) is 2.32. The summed E-state index contributed by atoms with van der Waals surface area (Å²) in [4.78, 5) is 0. The Bertz CT molecular complexity index is 129. The van der Waals surface area contributed by atoms with E-state index in [1.807, 2.05) is 0 Å². The van der Waals surface area contributed by atoms with Crippen LogP contribution in [0.25, 0.3) is 0 Å². The molecule has 0 N–H and O–H groups in total. The molecular formula is C11H22S. The number of thiol groups is 1. The monoisotopic (exact) mass is 186 g/mol. The molecule has 0 saturated heterocycles. The SMILES string of the molecule is CC1(C)CCCC1CCCCS. The molecule has 1 unspecified atom stereocenters. The van der Waals surface area contributed by atoms with E-state index in [1.54, 1.807) is 0 Å². The Morgan fingerprint density at radius 3 is 2.58 bits per heavy atom. The lowest BCUT2D eigenvalue weighted by molar-refractivity contribution is 0.241. The number of unbranched alkanes of at least 4 members (excludes halogenated alkanes) is 1. The molecular weight excluding hydrogens is 164 g/mol. The molecule has 1 aliphatic rings. The fourth-order valence-corrected chi connectivity index (χ4v) is 2.66. The van der Waals surface area contributed by atoms with Gasteiger partial charge in [0.2, 0.25) is 0 Å². The first-order valence-corrected chi connectivity index (χ1v) is 5.91. The molecule has 1 fully saturated rings. The van der Waals surface area contributed by atoms with E-state index in [0.29, 0.717) is 5.41 Å². The molecule has 1 heteroatoms. The lowest BCUT2D eigenvalue weighted by atomic mass is 9.79. The van der Waals surface area contributed by atoms with Crippen molar-refractivity contribution in [2.75, 3.05) is 5.75 Å². The molecule has 0 aromatic rings. The molecule has 0 amide bonds. The van der Waals surface area contributed by atoms with Crippen LogP contribution in [0.1, 0.15) is 52.4 Å². The van der Waals surface area contributed by atoms with Crippen molar-refractivity contribution in [1.29, 1.82) is 0 Å². The van der Waals surface area contributed by atoms with Crippen LogP contribution in [0, 0.1) is 11.3 Å². The highest BCUT2D eigenvalue weighted by Crippen LogP contribution is 2.44. The first-order valence-electron chi connectivity index (χ1n) is 5.27. The minimum absolute atomic E-state index is 0.636. The van der Waals surface area contributed by atoms with E-state index in [9.17, 15) is 0 Å². The second kappa shape index (κ2) is 4.55. The molecule has 0 nitrogen and oxygen atoms in total. The lowest BCUT2D eigenvalue weighted by Crippen LogP contribution is -2.17. The maximum atomic E-state index is 4.24. The Balaban J connectivity index is 2.22. The number of hydrogen-bond donors (Lipinski definition) is 1. The first-order chi connectivity index (χ1) is 5.67. The highest BCUT2D eigenvalue weighted by Gasteiger charge is 2.33. The van der Waals surface area contributed by atoms with Crippen LogP contribution in [0.15, 0.2) is 0 Å². The van der Waals surface area contributed by atoms with Crippen molar-refractivity contribution in [1.82, 2.24) is 0 Å². The Morgan fingerprint density at radius 2 is 2.08 bits per heavy atom. The van der Waals surface area contributed by atoms with Gasteiger partial charge in [0.1, 0.15) is 0 Å². The Hall–Kier alpha value is 0.350. The molecule has 0 bridgehead atoms. The summed E-state index contributed by atoms with van der Waals surface area (Å²) in [5.74, 6) is 2.06. The van der Waals surface area contributed by atoms with Gasteiger partial charge < -0.3 is 0 Å². The summed E-state index contributed by atoms with van der Waals surface area (Å²) in [7, 11) is 0. The van der Waals surface area contributed by atoms with Gasteiger partial charge >= 0.3 is 0 Å². The zero-order valence-corrected chi connectivity index (χ0v) is 9.37. The molecule has 1 aliphatic carbocycles. The molecule has 12 heavy (non-hydrogen) atoms. The summed E-state index contributed by atoms with van der Waals surface area (Å²) in [5, 5.41) is 0. The van der Waals surface area contributed by atoms with E-state index in [1.165, 1.54) is 38.5 Å². The van der Waals surface area contributed by atoms with Gasteiger partial charge in [-0.1, -0.05) is 26.7 Å². The van der Waals surface area contributed by atoms with Crippen molar-refractivity contribution in [3.8, 4) is 0 Å². The van der Waals surface area contributed by atoms with E-state index in [4.69, 9.17) is 0 Å². The molecule has 0 spiro atoms. The maximum absolute atomic E-state index is 4.24. The minimum atomic E-state index is 0.636. The molecule has 0 heterocycles. The van der Waals surface area contributed by atoms with Crippen LogP contribution in [0.4, 0.5) is 0 Å². The topological polar surface area (TPSA) is 0 Å². The molecule has 0 aromatic heterocycles. The second-order valence-electron chi connectivity index (χ2n) is 4.80. The van der Waals surface area contributed by atoms with Gasteiger partial charge in [-0.2, -0.15) is 12.6 Å². The predicted octanol–water partition coefficient (Wildman–Crippen LogP) is 3.91. The van der Waals surface area contributed by atoms with Gasteiger partial charge in [-0.25, -0.2) is 0 Å². The van der Waals surface area contributed by atoms with Gasteiger partial charge in [-0.15, -0.1) is 0 Å². The standard InChI is InChI=1S/C11H22S/c1-11(2)8-5-7-10(11)6-3-4-9-12/h10,12H,3-9H2,1-2H3. The maximum Gasteiger partial charge on any atom is -0.00979 e. The van der Waals surface area contributed by atoms with E-state index >= 15 is 0 Å². The summed E-state index contributed by atoms with van der Waals surface area (Å²) >= 11 is 4.24. The van der Waals surface area contributed by atoms with Crippen molar-refractivity contribution in [3.63, 3.8) is 0 Å². The zero-order chi connectivity index (χ0) is 9.03. The average molecular weight is 186 g/mol. The van der Waals surface area contributed by atoms with Gasteiger partial charge in [0.15, 0.2) is 0 Å². The summed E-state index contributed by atoms with van der Waals surface area (Å²) in [6.45, 7) is 4.87. The van der Waals surface area contributed by atoms with E-state index < -0.39 is 0 Å². The third-order valence-corrected chi connectivity index (χ3v) is 3.76. The van der Waals surface area contributed by atoms with Gasteiger partial charge in [-0.05, 0) is 42.8 Å². The number of hydrogen-bond acceptors (Lipinski definition) is 1. The zero-order valence-electron chi connectivity index (χ0n) is 8.47. The normalized spacial score (nSPS) is 27.8. The Morgan fingerprint density at radius 1 is 1.33 bits per heavy atom.